The van der Waals surface area contributed by atoms with Crippen molar-refractivity contribution in [2.24, 2.45) is 0 Å². The third kappa shape index (κ3) is 4.57. The van der Waals surface area contributed by atoms with Gasteiger partial charge < -0.3 is 15.0 Å². The Morgan fingerprint density at radius 3 is 2.61 bits per heavy atom. The van der Waals surface area contributed by atoms with Crippen LogP contribution in [-0.2, 0) is 11.2 Å². The van der Waals surface area contributed by atoms with Gasteiger partial charge in [-0.1, -0.05) is 23.2 Å². The molecule has 0 aliphatic carbocycles. The van der Waals surface area contributed by atoms with E-state index in [1.54, 1.807) is 45.2 Å². The highest BCUT2D eigenvalue weighted by Crippen LogP contribution is 2.46. The lowest BCUT2D eigenvalue weighted by molar-refractivity contribution is 0.0635. The van der Waals surface area contributed by atoms with Gasteiger partial charge >= 0.3 is 12.1 Å². The van der Waals surface area contributed by atoms with Crippen LogP contribution in [0.2, 0.25) is 10.0 Å². The third-order valence-corrected chi connectivity index (χ3v) is 6.14. The Bertz CT molecular complexity index is 1040. The predicted molar refractivity (Wildman–Crippen MR) is 121 cm³/mol. The van der Waals surface area contributed by atoms with Crippen LogP contribution in [0.4, 0.5) is 21.1 Å². The Hall–Kier alpha value is -2.51. The van der Waals surface area contributed by atoms with Crippen molar-refractivity contribution in [2.75, 3.05) is 10.6 Å². The van der Waals surface area contributed by atoms with Gasteiger partial charge in [-0.15, -0.1) is 0 Å². The first-order valence-electron chi connectivity index (χ1n) is 10.1. The van der Waals surface area contributed by atoms with Crippen molar-refractivity contribution in [3.8, 4) is 0 Å². The van der Waals surface area contributed by atoms with E-state index >= 15 is 0 Å². The maximum Gasteiger partial charge on any atom is 0.413 e. The summed E-state index contributed by atoms with van der Waals surface area (Å²) in [6.07, 6.45) is 3.48. The van der Waals surface area contributed by atoms with Crippen molar-refractivity contribution < 1.29 is 14.3 Å². The number of benzene rings is 1. The van der Waals surface area contributed by atoms with Gasteiger partial charge in [0.05, 0.1) is 16.1 Å². The summed E-state index contributed by atoms with van der Waals surface area (Å²) in [6, 6.07) is 6.61. The van der Waals surface area contributed by atoms with Gasteiger partial charge in [-0.3, -0.25) is 5.32 Å². The molecular weight excluding hydrogens is 439 g/mol. The Morgan fingerprint density at radius 1 is 1.13 bits per heavy atom. The lowest BCUT2D eigenvalue weighted by Crippen LogP contribution is -2.44. The maximum absolute atomic E-state index is 13.2. The molecule has 0 radical (unpaired) electrons. The highest BCUT2D eigenvalue weighted by atomic mass is 35.5. The number of urea groups is 1. The monoisotopic (exact) mass is 462 g/mol. The normalized spacial score (nSPS) is 19.6. The second-order valence-corrected chi connectivity index (χ2v) is 9.59. The van der Waals surface area contributed by atoms with Crippen LogP contribution in [0.25, 0.3) is 0 Å². The average Bonchev–Trinajstić information content (AvgIpc) is 2.97. The van der Waals surface area contributed by atoms with Gasteiger partial charge in [0.1, 0.15) is 11.4 Å². The smallest absolute Gasteiger partial charge is 0.413 e. The van der Waals surface area contributed by atoms with E-state index in [2.05, 4.69) is 15.6 Å². The number of nitrogens with zero attached hydrogens (tertiary/aromatic N) is 2. The van der Waals surface area contributed by atoms with Gasteiger partial charge in [-0.25, -0.2) is 14.6 Å². The largest absolute Gasteiger partial charge is 0.444 e. The summed E-state index contributed by atoms with van der Waals surface area (Å²) in [4.78, 5) is 31.7. The van der Waals surface area contributed by atoms with Crippen LogP contribution >= 0.6 is 23.2 Å². The minimum absolute atomic E-state index is 0.0806. The number of aromatic nitrogens is 1. The molecule has 2 N–H and O–H groups in total. The molecule has 9 heteroatoms. The number of halogens is 2. The van der Waals surface area contributed by atoms with E-state index < -0.39 is 11.7 Å². The van der Waals surface area contributed by atoms with E-state index in [0.717, 1.165) is 24.0 Å². The van der Waals surface area contributed by atoms with E-state index in [1.165, 1.54) is 0 Å². The molecule has 2 aromatic rings. The van der Waals surface area contributed by atoms with Gasteiger partial charge in [-0.05, 0) is 69.9 Å². The Labute approximate surface area is 191 Å². The Balaban J connectivity index is 1.58. The quantitative estimate of drug-likeness (QED) is 0.570. The summed E-state index contributed by atoms with van der Waals surface area (Å²) >= 11 is 12.0. The zero-order valence-corrected chi connectivity index (χ0v) is 19.0. The third-order valence-electron chi connectivity index (χ3n) is 5.40. The summed E-state index contributed by atoms with van der Waals surface area (Å²) < 4.78 is 5.38. The number of nitrogens with one attached hydrogen (secondary N) is 2. The van der Waals surface area contributed by atoms with E-state index in [9.17, 15) is 9.59 Å². The number of carbonyl (C=O) groups is 2. The zero-order valence-electron chi connectivity index (χ0n) is 17.5. The minimum Gasteiger partial charge on any atom is -0.444 e. The van der Waals surface area contributed by atoms with Crippen LogP contribution in [0.15, 0.2) is 30.5 Å². The average molecular weight is 463 g/mol. The SMILES string of the molecule is CC(C)(C)OC(=O)Nc1nccc2c1[C@@H]1CC[C@H](C2)N1C(=O)Nc1ccc(Cl)c(Cl)c1. The first-order valence-corrected chi connectivity index (χ1v) is 10.9. The van der Waals surface area contributed by atoms with Crippen molar-refractivity contribution in [2.45, 2.75) is 57.7 Å². The van der Waals surface area contributed by atoms with E-state index in [0.29, 0.717) is 28.0 Å². The molecule has 0 spiro atoms. The molecule has 3 heterocycles. The maximum atomic E-state index is 13.2. The van der Waals surface area contributed by atoms with Crippen LogP contribution < -0.4 is 10.6 Å². The number of rotatable bonds is 2. The lowest BCUT2D eigenvalue weighted by Gasteiger charge is -2.37. The summed E-state index contributed by atoms with van der Waals surface area (Å²) in [5.41, 5.74) is 1.91. The van der Waals surface area contributed by atoms with E-state index in [1.807, 2.05) is 11.0 Å². The summed E-state index contributed by atoms with van der Waals surface area (Å²) in [5.74, 6) is 0.435. The highest BCUT2D eigenvalue weighted by molar-refractivity contribution is 6.42. The molecule has 1 saturated heterocycles. The van der Waals surface area contributed by atoms with E-state index in [4.69, 9.17) is 27.9 Å². The van der Waals surface area contributed by atoms with Crippen LogP contribution in [0.3, 0.4) is 0 Å². The van der Waals surface area contributed by atoms with Gasteiger partial charge in [0.2, 0.25) is 0 Å². The first kappa shape index (κ1) is 21.7. The van der Waals surface area contributed by atoms with E-state index in [-0.39, 0.29) is 18.1 Å². The van der Waals surface area contributed by atoms with Crippen molar-refractivity contribution in [3.63, 3.8) is 0 Å². The summed E-state index contributed by atoms with van der Waals surface area (Å²) in [6.45, 7) is 5.41. The molecule has 31 heavy (non-hydrogen) atoms. The topological polar surface area (TPSA) is 83.6 Å². The molecule has 7 nitrogen and oxygen atoms in total. The molecule has 2 aliphatic rings. The van der Waals surface area contributed by atoms with Crippen molar-refractivity contribution in [1.29, 1.82) is 0 Å². The molecular formula is C22H24Cl2N4O3. The number of fused-ring (bicyclic) bond motifs is 4. The molecule has 1 aromatic carbocycles. The molecule has 0 unspecified atom stereocenters. The van der Waals surface area contributed by atoms with Gasteiger partial charge in [0, 0.05) is 23.5 Å². The number of amides is 3. The predicted octanol–water partition coefficient (Wildman–Crippen LogP) is 6.03. The van der Waals surface area contributed by atoms with Gasteiger partial charge in [-0.2, -0.15) is 0 Å². The van der Waals surface area contributed by atoms with Crippen LogP contribution in [0, 0.1) is 0 Å². The Morgan fingerprint density at radius 2 is 1.90 bits per heavy atom. The van der Waals surface area contributed by atoms with Crippen molar-refractivity contribution in [3.05, 3.63) is 51.6 Å². The number of ether oxygens (including phenoxy) is 1. The number of pyridine rings is 1. The summed E-state index contributed by atoms with van der Waals surface area (Å²) in [7, 11) is 0. The van der Waals surface area contributed by atoms with Gasteiger partial charge in [0.25, 0.3) is 0 Å². The number of hydrogen-bond donors (Lipinski definition) is 2. The molecule has 3 amide bonds. The van der Waals surface area contributed by atoms with Crippen LogP contribution in [-0.4, -0.2) is 33.7 Å². The van der Waals surface area contributed by atoms with Crippen LogP contribution in [0.5, 0.6) is 0 Å². The van der Waals surface area contributed by atoms with Crippen LogP contribution in [0.1, 0.15) is 50.8 Å². The fourth-order valence-corrected chi connectivity index (χ4v) is 4.55. The lowest BCUT2D eigenvalue weighted by atomic mass is 9.94. The van der Waals surface area contributed by atoms with Crippen molar-refractivity contribution in [1.82, 2.24) is 9.88 Å². The van der Waals surface area contributed by atoms with Gasteiger partial charge in [0.15, 0.2) is 0 Å². The first-order chi connectivity index (χ1) is 14.6. The molecule has 0 saturated carbocycles. The molecule has 164 valence electrons. The summed E-state index contributed by atoms with van der Waals surface area (Å²) in [5, 5.41) is 6.48. The molecule has 2 aliphatic heterocycles. The second kappa shape index (κ2) is 8.20. The highest BCUT2D eigenvalue weighted by Gasteiger charge is 2.44. The molecule has 2 atom stereocenters. The number of carbonyl (C=O) groups excluding carboxylic acids is 2. The Kier molecular flexibility index (Phi) is 5.75. The molecule has 2 bridgehead atoms. The minimum atomic E-state index is -0.622. The fraction of sp³-hybridized carbons (Fsp3) is 0.409. The number of hydrogen-bond acceptors (Lipinski definition) is 4. The van der Waals surface area contributed by atoms with Crippen molar-refractivity contribution >= 4 is 46.8 Å². The molecule has 4 rings (SSSR count). The number of anilines is 2. The molecule has 1 fully saturated rings. The second-order valence-electron chi connectivity index (χ2n) is 8.78. The standard InChI is InChI=1S/C22H24Cl2N4O3/c1-22(2,3)31-21(30)27-19-18-12(8-9-25-19)10-14-5-7-17(18)28(14)20(29)26-13-4-6-15(23)16(24)11-13/h4,6,8-9,11,14,17H,5,7,10H2,1-3H3,(H,26,29)(H,25,27,30)/t14-,17+/m1/s1. The zero-order chi connectivity index (χ0) is 22.3. The fourth-order valence-electron chi connectivity index (χ4n) is 4.25. The molecule has 1 aromatic heterocycles.